The first-order valence-electron chi connectivity index (χ1n) is 7.31. The number of rotatable bonds is 4. The number of imidazole rings is 1. The van der Waals surface area contributed by atoms with Crippen molar-refractivity contribution >= 4 is 12.0 Å². The van der Waals surface area contributed by atoms with Gasteiger partial charge in [0.1, 0.15) is 6.04 Å². The third-order valence-corrected chi connectivity index (χ3v) is 3.66. The van der Waals surface area contributed by atoms with Crippen molar-refractivity contribution in [2.45, 2.75) is 38.1 Å². The predicted molar refractivity (Wildman–Crippen MR) is 76.7 cm³/mol. The topological polar surface area (TPSA) is 87.3 Å². The van der Waals surface area contributed by atoms with Crippen LogP contribution in [0, 0.1) is 0 Å². The number of H-pyrrole nitrogens is 1. The Kier molecular flexibility index (Phi) is 5.59. The van der Waals surface area contributed by atoms with E-state index >= 15 is 0 Å². The molecule has 1 fully saturated rings. The highest BCUT2D eigenvalue weighted by Gasteiger charge is 2.25. The standard InChI is InChI=1S/C14H22N4O3/c1-21-13(19)12(8-11-9-15-10-16-11)17-14(20)18-6-4-2-3-5-7-18/h9-10,12H,2-8H2,1H3,(H,15,16)(H,17,20)/t12-/m0/s1. The van der Waals surface area contributed by atoms with Gasteiger partial charge >= 0.3 is 12.0 Å². The van der Waals surface area contributed by atoms with Crippen molar-refractivity contribution < 1.29 is 14.3 Å². The number of carbonyl (C=O) groups excluding carboxylic acids is 2. The molecule has 0 unspecified atom stereocenters. The molecule has 1 aliphatic rings. The molecular formula is C14H22N4O3. The van der Waals surface area contributed by atoms with Crippen LogP contribution in [0.25, 0.3) is 0 Å². The highest BCUT2D eigenvalue weighted by Crippen LogP contribution is 2.10. The van der Waals surface area contributed by atoms with Gasteiger partial charge in [-0.2, -0.15) is 0 Å². The summed E-state index contributed by atoms with van der Waals surface area (Å²) in [6.07, 6.45) is 7.84. The second-order valence-corrected chi connectivity index (χ2v) is 5.21. The minimum absolute atomic E-state index is 0.202. The van der Waals surface area contributed by atoms with Gasteiger partial charge in [0.2, 0.25) is 0 Å². The first-order chi connectivity index (χ1) is 10.2. The molecule has 7 heteroatoms. The number of likely N-dealkylation sites (tertiary alicyclic amines) is 1. The molecule has 1 aliphatic heterocycles. The molecule has 1 saturated heterocycles. The third-order valence-electron chi connectivity index (χ3n) is 3.66. The summed E-state index contributed by atoms with van der Waals surface area (Å²) in [5.74, 6) is -0.451. The summed E-state index contributed by atoms with van der Waals surface area (Å²) in [6.45, 7) is 1.48. The highest BCUT2D eigenvalue weighted by atomic mass is 16.5. The number of methoxy groups -OCH3 is 1. The van der Waals surface area contributed by atoms with E-state index in [1.165, 1.54) is 7.11 Å². The normalized spacial score (nSPS) is 16.9. The summed E-state index contributed by atoms with van der Waals surface area (Å²) in [7, 11) is 1.32. The lowest BCUT2D eigenvalue weighted by Crippen LogP contribution is -2.49. The fourth-order valence-electron chi connectivity index (χ4n) is 2.47. The Labute approximate surface area is 124 Å². The Morgan fingerprint density at radius 1 is 1.38 bits per heavy atom. The predicted octanol–water partition coefficient (Wildman–Crippen LogP) is 1.08. The highest BCUT2D eigenvalue weighted by molar-refractivity contribution is 5.83. The van der Waals surface area contributed by atoms with Gasteiger partial charge in [-0.25, -0.2) is 14.6 Å². The van der Waals surface area contributed by atoms with Crippen molar-refractivity contribution in [2.24, 2.45) is 0 Å². The maximum atomic E-state index is 12.3. The van der Waals surface area contributed by atoms with Crippen molar-refractivity contribution in [3.8, 4) is 0 Å². The van der Waals surface area contributed by atoms with Crippen LogP contribution >= 0.6 is 0 Å². The van der Waals surface area contributed by atoms with Gasteiger partial charge in [-0.1, -0.05) is 12.8 Å². The SMILES string of the molecule is COC(=O)[C@H](Cc1cnc[nH]1)NC(=O)N1CCCCCC1. The van der Waals surface area contributed by atoms with Crippen molar-refractivity contribution in [3.05, 3.63) is 18.2 Å². The number of nitrogens with zero attached hydrogens (tertiary/aromatic N) is 2. The van der Waals surface area contributed by atoms with E-state index in [2.05, 4.69) is 15.3 Å². The largest absolute Gasteiger partial charge is 0.467 e. The Morgan fingerprint density at radius 2 is 2.10 bits per heavy atom. The molecule has 0 radical (unpaired) electrons. The van der Waals surface area contributed by atoms with E-state index in [4.69, 9.17) is 4.74 Å². The average molecular weight is 294 g/mol. The van der Waals surface area contributed by atoms with Crippen LogP contribution < -0.4 is 5.32 Å². The maximum absolute atomic E-state index is 12.3. The smallest absolute Gasteiger partial charge is 0.328 e. The lowest BCUT2D eigenvalue weighted by Gasteiger charge is -2.24. The molecule has 1 aromatic rings. The second kappa shape index (κ2) is 7.66. The monoisotopic (exact) mass is 294 g/mol. The molecule has 0 aromatic carbocycles. The number of aromatic nitrogens is 2. The Bertz CT molecular complexity index is 453. The molecule has 2 N–H and O–H groups in total. The van der Waals surface area contributed by atoms with E-state index in [-0.39, 0.29) is 6.03 Å². The summed E-state index contributed by atoms with van der Waals surface area (Å²) in [5, 5.41) is 2.77. The zero-order valence-electron chi connectivity index (χ0n) is 12.3. The molecule has 0 aliphatic carbocycles. The molecule has 0 bridgehead atoms. The van der Waals surface area contributed by atoms with E-state index in [0.717, 1.165) is 44.5 Å². The van der Waals surface area contributed by atoms with E-state index in [1.54, 1.807) is 17.4 Å². The number of carbonyl (C=O) groups is 2. The van der Waals surface area contributed by atoms with Crippen LogP contribution in [0.15, 0.2) is 12.5 Å². The van der Waals surface area contributed by atoms with Crippen LogP contribution in [-0.4, -0.2) is 53.1 Å². The summed E-state index contributed by atoms with van der Waals surface area (Å²) in [4.78, 5) is 32.7. The van der Waals surface area contributed by atoms with Gasteiger partial charge in [-0.05, 0) is 12.8 Å². The van der Waals surface area contributed by atoms with Gasteiger partial charge < -0.3 is 19.9 Å². The molecule has 7 nitrogen and oxygen atoms in total. The molecule has 0 saturated carbocycles. The molecule has 1 atom stereocenters. The van der Waals surface area contributed by atoms with Crippen molar-refractivity contribution in [3.63, 3.8) is 0 Å². The van der Waals surface area contributed by atoms with Gasteiger partial charge in [0.05, 0.1) is 13.4 Å². The van der Waals surface area contributed by atoms with Gasteiger partial charge in [0, 0.05) is 31.4 Å². The van der Waals surface area contributed by atoms with Crippen LogP contribution in [0.5, 0.6) is 0 Å². The number of esters is 1. The molecular weight excluding hydrogens is 272 g/mol. The lowest BCUT2D eigenvalue weighted by molar-refractivity contribution is -0.142. The fraction of sp³-hybridized carbons (Fsp3) is 0.643. The van der Waals surface area contributed by atoms with Gasteiger partial charge in [-0.3, -0.25) is 0 Å². The van der Waals surface area contributed by atoms with Crippen LogP contribution in [0.1, 0.15) is 31.4 Å². The average Bonchev–Trinajstić information content (AvgIpc) is 2.85. The second-order valence-electron chi connectivity index (χ2n) is 5.21. The van der Waals surface area contributed by atoms with Crippen LogP contribution in [0.2, 0.25) is 0 Å². The Balaban J connectivity index is 1.96. The summed E-state index contributed by atoms with van der Waals surface area (Å²) in [5.41, 5.74) is 0.779. The van der Waals surface area contributed by atoms with Crippen molar-refractivity contribution in [1.29, 1.82) is 0 Å². The molecule has 0 spiro atoms. The maximum Gasteiger partial charge on any atom is 0.328 e. The zero-order valence-corrected chi connectivity index (χ0v) is 12.3. The number of urea groups is 1. The van der Waals surface area contributed by atoms with E-state index in [9.17, 15) is 9.59 Å². The Morgan fingerprint density at radius 3 is 2.67 bits per heavy atom. The van der Waals surface area contributed by atoms with E-state index in [0.29, 0.717) is 6.42 Å². The van der Waals surface area contributed by atoms with Crippen LogP contribution in [0.3, 0.4) is 0 Å². The molecule has 116 valence electrons. The summed E-state index contributed by atoms with van der Waals surface area (Å²) >= 11 is 0. The van der Waals surface area contributed by atoms with Gasteiger partial charge in [0.15, 0.2) is 0 Å². The molecule has 1 aromatic heterocycles. The number of amides is 2. The first kappa shape index (κ1) is 15.3. The number of aromatic amines is 1. The van der Waals surface area contributed by atoms with Crippen molar-refractivity contribution in [1.82, 2.24) is 20.2 Å². The van der Waals surface area contributed by atoms with Crippen LogP contribution in [-0.2, 0) is 16.0 Å². The minimum atomic E-state index is -0.703. The zero-order chi connectivity index (χ0) is 15.1. The number of nitrogens with one attached hydrogen (secondary N) is 2. The van der Waals surface area contributed by atoms with E-state index in [1.807, 2.05) is 0 Å². The lowest BCUT2D eigenvalue weighted by atomic mass is 10.1. The summed E-state index contributed by atoms with van der Waals surface area (Å²) < 4.78 is 4.77. The molecule has 2 amide bonds. The number of hydrogen-bond donors (Lipinski definition) is 2. The first-order valence-corrected chi connectivity index (χ1v) is 7.31. The third kappa shape index (κ3) is 4.47. The van der Waals surface area contributed by atoms with Crippen LogP contribution in [0.4, 0.5) is 4.79 Å². The number of ether oxygens (including phenoxy) is 1. The van der Waals surface area contributed by atoms with E-state index < -0.39 is 12.0 Å². The molecule has 2 rings (SSSR count). The fourth-order valence-corrected chi connectivity index (χ4v) is 2.47. The van der Waals surface area contributed by atoms with Gasteiger partial charge in [0.25, 0.3) is 0 Å². The van der Waals surface area contributed by atoms with Gasteiger partial charge in [-0.15, -0.1) is 0 Å². The molecule has 21 heavy (non-hydrogen) atoms. The Hall–Kier alpha value is -2.05. The van der Waals surface area contributed by atoms with Crippen molar-refractivity contribution in [2.75, 3.05) is 20.2 Å². The summed E-state index contributed by atoms with van der Waals surface area (Å²) in [6, 6.07) is -0.905. The molecule has 2 heterocycles. The quantitative estimate of drug-likeness (QED) is 0.813. The minimum Gasteiger partial charge on any atom is -0.467 e. The number of hydrogen-bond acceptors (Lipinski definition) is 4.